The molecule has 0 unspecified atom stereocenters. The summed E-state index contributed by atoms with van der Waals surface area (Å²) in [5, 5.41) is 6.39. The molecule has 0 saturated carbocycles. The third-order valence-corrected chi connectivity index (χ3v) is 4.62. The zero-order valence-corrected chi connectivity index (χ0v) is 16.8. The fraction of sp³-hybridized carbons (Fsp3) is 0.0833. The molecule has 4 rings (SSSR count). The van der Waals surface area contributed by atoms with E-state index in [4.69, 9.17) is 9.72 Å². The third kappa shape index (κ3) is 4.73. The van der Waals surface area contributed by atoms with Gasteiger partial charge in [0.1, 0.15) is 6.61 Å². The second kappa shape index (κ2) is 9.15. The minimum atomic E-state index is -0.270. The van der Waals surface area contributed by atoms with E-state index in [1.54, 1.807) is 42.7 Å². The van der Waals surface area contributed by atoms with Crippen molar-refractivity contribution in [3.63, 3.8) is 0 Å². The maximum absolute atomic E-state index is 13.2. The Hall–Kier alpha value is -4.10. The number of pyridine rings is 2. The number of carbonyl (C=O) groups excluding carboxylic acids is 2. The number of rotatable bonds is 6. The summed E-state index contributed by atoms with van der Waals surface area (Å²) in [5.41, 5.74) is 3.92. The molecule has 7 heteroatoms. The van der Waals surface area contributed by atoms with Crippen LogP contribution in [0.1, 0.15) is 10.4 Å². The highest BCUT2D eigenvalue weighted by Crippen LogP contribution is 2.25. The van der Waals surface area contributed by atoms with Crippen LogP contribution in [0.5, 0.6) is 0 Å². The van der Waals surface area contributed by atoms with Crippen LogP contribution in [0.4, 0.5) is 11.4 Å². The molecule has 0 radical (unpaired) electrons. The first-order valence-corrected chi connectivity index (χ1v) is 9.64. The van der Waals surface area contributed by atoms with Gasteiger partial charge in [0, 0.05) is 41.8 Å². The molecule has 2 N–H and O–H groups in total. The average Bonchev–Trinajstić information content (AvgIpc) is 2.79. The van der Waals surface area contributed by atoms with Gasteiger partial charge >= 0.3 is 0 Å². The molecule has 0 bridgehead atoms. The van der Waals surface area contributed by atoms with E-state index in [2.05, 4.69) is 15.6 Å². The second-order valence-corrected chi connectivity index (χ2v) is 6.82. The number of para-hydroxylation sites is 1. The Morgan fingerprint density at radius 3 is 2.42 bits per heavy atom. The van der Waals surface area contributed by atoms with Gasteiger partial charge in [0.15, 0.2) is 0 Å². The maximum atomic E-state index is 13.2. The van der Waals surface area contributed by atoms with E-state index in [1.165, 1.54) is 7.11 Å². The standard InChI is InChI=1S/C24H20N4O3/c1-31-15-23(29)26-17-5-4-6-18(13-17)27-24(30)20-14-22(16-9-11-25-12-10-16)28-21-8-3-2-7-19(20)21/h2-14H,15H2,1H3,(H,26,29)(H,27,30). The summed E-state index contributed by atoms with van der Waals surface area (Å²) in [6.45, 7) is -0.0443. The fourth-order valence-corrected chi connectivity index (χ4v) is 3.24. The van der Waals surface area contributed by atoms with E-state index in [0.717, 1.165) is 16.5 Å². The summed E-state index contributed by atoms with van der Waals surface area (Å²) in [6.07, 6.45) is 3.38. The number of methoxy groups -OCH3 is 1. The number of aromatic nitrogens is 2. The minimum absolute atomic E-state index is 0.0443. The molecular weight excluding hydrogens is 392 g/mol. The first-order valence-electron chi connectivity index (χ1n) is 9.64. The highest BCUT2D eigenvalue weighted by atomic mass is 16.5. The van der Waals surface area contributed by atoms with Crippen LogP contribution in [0.15, 0.2) is 79.1 Å². The first-order chi connectivity index (χ1) is 15.1. The predicted molar refractivity (Wildman–Crippen MR) is 120 cm³/mol. The van der Waals surface area contributed by atoms with Crippen LogP contribution in [-0.4, -0.2) is 35.5 Å². The van der Waals surface area contributed by atoms with E-state index in [9.17, 15) is 9.59 Å². The number of hydrogen-bond acceptors (Lipinski definition) is 5. The molecule has 2 aromatic carbocycles. The van der Waals surface area contributed by atoms with Crippen molar-refractivity contribution in [3.05, 3.63) is 84.7 Å². The molecule has 7 nitrogen and oxygen atoms in total. The highest BCUT2D eigenvalue weighted by molar-refractivity contribution is 6.13. The van der Waals surface area contributed by atoms with Crippen molar-refractivity contribution in [2.24, 2.45) is 0 Å². The van der Waals surface area contributed by atoms with Crippen LogP contribution in [-0.2, 0) is 9.53 Å². The summed E-state index contributed by atoms with van der Waals surface area (Å²) in [7, 11) is 1.45. The van der Waals surface area contributed by atoms with Crippen LogP contribution in [0.2, 0.25) is 0 Å². The van der Waals surface area contributed by atoms with Gasteiger partial charge in [-0.3, -0.25) is 14.6 Å². The number of hydrogen-bond donors (Lipinski definition) is 2. The number of carbonyl (C=O) groups is 2. The quantitative estimate of drug-likeness (QED) is 0.497. The average molecular weight is 412 g/mol. The summed E-state index contributed by atoms with van der Waals surface area (Å²) in [5.74, 6) is -0.539. The Morgan fingerprint density at radius 1 is 0.903 bits per heavy atom. The van der Waals surface area contributed by atoms with Crippen molar-refractivity contribution >= 4 is 34.1 Å². The monoisotopic (exact) mass is 412 g/mol. The van der Waals surface area contributed by atoms with E-state index in [0.29, 0.717) is 22.6 Å². The lowest BCUT2D eigenvalue weighted by molar-refractivity contribution is -0.119. The molecule has 0 aliphatic carbocycles. The van der Waals surface area contributed by atoms with Gasteiger partial charge in [-0.15, -0.1) is 0 Å². The number of nitrogens with zero attached hydrogens (tertiary/aromatic N) is 2. The smallest absolute Gasteiger partial charge is 0.256 e. The van der Waals surface area contributed by atoms with Gasteiger partial charge in [0.05, 0.1) is 16.8 Å². The van der Waals surface area contributed by atoms with E-state index in [-0.39, 0.29) is 18.4 Å². The highest BCUT2D eigenvalue weighted by Gasteiger charge is 2.14. The fourth-order valence-electron chi connectivity index (χ4n) is 3.24. The first kappa shape index (κ1) is 20.2. The number of nitrogens with one attached hydrogen (secondary N) is 2. The molecule has 0 spiro atoms. The lowest BCUT2D eigenvalue weighted by atomic mass is 10.0. The van der Waals surface area contributed by atoms with Crippen LogP contribution in [0.3, 0.4) is 0 Å². The summed E-state index contributed by atoms with van der Waals surface area (Å²) in [6, 6.07) is 19.9. The second-order valence-electron chi connectivity index (χ2n) is 6.82. The molecule has 0 aliphatic rings. The van der Waals surface area contributed by atoms with Crippen molar-refractivity contribution in [3.8, 4) is 11.3 Å². The number of ether oxygens (including phenoxy) is 1. The van der Waals surface area contributed by atoms with Crippen molar-refractivity contribution in [2.45, 2.75) is 0 Å². The van der Waals surface area contributed by atoms with Crippen LogP contribution in [0.25, 0.3) is 22.2 Å². The van der Waals surface area contributed by atoms with Gasteiger partial charge in [-0.25, -0.2) is 4.98 Å². The Labute approximate surface area is 179 Å². The molecule has 31 heavy (non-hydrogen) atoms. The molecule has 154 valence electrons. The Balaban J connectivity index is 1.66. The minimum Gasteiger partial charge on any atom is -0.375 e. The largest absolute Gasteiger partial charge is 0.375 e. The predicted octanol–water partition coefficient (Wildman–Crippen LogP) is 4.13. The van der Waals surface area contributed by atoms with E-state index < -0.39 is 0 Å². The van der Waals surface area contributed by atoms with E-state index >= 15 is 0 Å². The van der Waals surface area contributed by atoms with Crippen molar-refractivity contribution in [2.75, 3.05) is 24.4 Å². The van der Waals surface area contributed by atoms with Gasteiger partial charge in [0.25, 0.3) is 5.91 Å². The normalized spacial score (nSPS) is 10.6. The van der Waals surface area contributed by atoms with Gasteiger partial charge in [-0.1, -0.05) is 24.3 Å². The topological polar surface area (TPSA) is 93.2 Å². The molecule has 2 amide bonds. The zero-order chi connectivity index (χ0) is 21.6. The molecule has 0 saturated heterocycles. The lowest BCUT2D eigenvalue weighted by Crippen LogP contribution is -2.17. The molecule has 0 fully saturated rings. The number of fused-ring (bicyclic) bond motifs is 1. The van der Waals surface area contributed by atoms with Crippen LogP contribution >= 0.6 is 0 Å². The SMILES string of the molecule is COCC(=O)Nc1cccc(NC(=O)c2cc(-c3ccncc3)nc3ccccc23)c1. The summed E-state index contributed by atoms with van der Waals surface area (Å²) in [4.78, 5) is 33.7. The maximum Gasteiger partial charge on any atom is 0.256 e. The summed E-state index contributed by atoms with van der Waals surface area (Å²) < 4.78 is 4.83. The van der Waals surface area contributed by atoms with Gasteiger partial charge in [0.2, 0.25) is 5.91 Å². The van der Waals surface area contributed by atoms with Crippen LogP contribution in [0, 0.1) is 0 Å². The Kier molecular flexibility index (Phi) is 5.96. The third-order valence-electron chi connectivity index (χ3n) is 4.62. The Morgan fingerprint density at radius 2 is 1.65 bits per heavy atom. The van der Waals surface area contributed by atoms with Crippen molar-refractivity contribution in [1.82, 2.24) is 9.97 Å². The summed E-state index contributed by atoms with van der Waals surface area (Å²) >= 11 is 0. The number of anilines is 2. The van der Waals surface area contributed by atoms with Crippen LogP contribution < -0.4 is 10.6 Å². The van der Waals surface area contributed by atoms with Crippen molar-refractivity contribution in [1.29, 1.82) is 0 Å². The molecule has 2 heterocycles. The molecule has 0 aliphatic heterocycles. The molecular formula is C24H20N4O3. The molecule has 2 aromatic heterocycles. The molecule has 4 aromatic rings. The van der Waals surface area contributed by atoms with Crippen molar-refractivity contribution < 1.29 is 14.3 Å². The Bertz CT molecular complexity index is 1240. The number of benzene rings is 2. The van der Waals surface area contributed by atoms with E-state index in [1.807, 2.05) is 36.4 Å². The molecule has 0 atom stereocenters. The lowest BCUT2D eigenvalue weighted by Gasteiger charge is -2.12. The van der Waals surface area contributed by atoms with Gasteiger partial charge in [-0.2, -0.15) is 0 Å². The number of amides is 2. The van der Waals surface area contributed by atoms with Gasteiger partial charge < -0.3 is 15.4 Å². The van der Waals surface area contributed by atoms with Gasteiger partial charge in [-0.05, 0) is 42.5 Å². The zero-order valence-electron chi connectivity index (χ0n) is 16.8.